The molecule has 2 aliphatic heterocycles. The molecule has 1 aromatic carbocycles. The van der Waals surface area contributed by atoms with Crippen LogP contribution in [-0.2, 0) is 4.79 Å². The molecule has 2 aliphatic rings. The minimum Gasteiger partial charge on any atom is -0.489 e. The molecule has 132 valence electrons. The van der Waals surface area contributed by atoms with Gasteiger partial charge in [-0.1, -0.05) is 12.1 Å². The Balaban J connectivity index is 1.69. The van der Waals surface area contributed by atoms with Crippen molar-refractivity contribution in [3.63, 3.8) is 0 Å². The van der Waals surface area contributed by atoms with Gasteiger partial charge in [-0.2, -0.15) is 9.84 Å². The third kappa shape index (κ3) is 3.83. The van der Waals surface area contributed by atoms with Crippen LogP contribution < -0.4 is 9.47 Å². The van der Waals surface area contributed by atoms with Gasteiger partial charge in [0.15, 0.2) is 23.9 Å². The summed E-state index contributed by atoms with van der Waals surface area (Å²) >= 11 is 0. The number of amides is 1. The summed E-state index contributed by atoms with van der Waals surface area (Å²) in [5.41, 5.74) is 1.46. The van der Waals surface area contributed by atoms with Crippen molar-refractivity contribution < 1.29 is 18.8 Å². The summed E-state index contributed by atoms with van der Waals surface area (Å²) in [6.45, 7) is 0.278. The van der Waals surface area contributed by atoms with E-state index in [0.717, 1.165) is 5.70 Å². The molecule has 1 amide bonds. The van der Waals surface area contributed by atoms with Crippen LogP contribution in [0.5, 0.6) is 11.5 Å². The predicted octanol–water partition coefficient (Wildman–Crippen LogP) is 2.25. The number of hydrogen-bond acceptors (Lipinski definition) is 4. The highest BCUT2D eigenvalue weighted by Crippen LogP contribution is 2.31. The molecular weight excluding hydrogens is 330 g/mol. The molecule has 1 unspecified atom stereocenters. The monoisotopic (exact) mass is 350 g/mol. The first-order chi connectivity index (χ1) is 12.6. The third-order valence-electron chi connectivity index (χ3n) is 4.01. The van der Waals surface area contributed by atoms with Crippen molar-refractivity contribution in [2.45, 2.75) is 12.5 Å². The molecule has 0 saturated carbocycles. The van der Waals surface area contributed by atoms with Crippen LogP contribution in [-0.4, -0.2) is 48.4 Å². The molecule has 0 fully saturated rings. The number of nitriles is 1. The Morgan fingerprint density at radius 2 is 2.08 bits per heavy atom. The summed E-state index contributed by atoms with van der Waals surface area (Å²) in [7, 11) is 3.44. The van der Waals surface area contributed by atoms with Crippen molar-refractivity contribution >= 4 is 12.1 Å². The number of benzene rings is 1. The number of allylic oxidation sites excluding steroid dienone is 3. The Labute approximate surface area is 152 Å². The van der Waals surface area contributed by atoms with E-state index >= 15 is 0 Å². The first kappa shape index (κ1) is 17.5. The van der Waals surface area contributed by atoms with E-state index in [1.807, 2.05) is 53.3 Å². The second kappa shape index (κ2) is 7.70. The lowest BCUT2D eigenvalue weighted by Crippen LogP contribution is -2.25. The molecule has 3 rings (SSSR count). The quantitative estimate of drug-likeness (QED) is 0.738. The van der Waals surface area contributed by atoms with Gasteiger partial charge in [0.1, 0.15) is 11.6 Å². The standard InChI is InChI=1S/C20H20N3O3/c1-22(2)20(24)9-11-25-18-6-3-4-7-19(18)26-17-8-5-10-23-14-15(13-21)12-16(17)23/h3-8,10,12,14,17H,9,11H2,1-2H3/q+1. The first-order valence-corrected chi connectivity index (χ1v) is 8.30. The summed E-state index contributed by atoms with van der Waals surface area (Å²) in [6, 6.07) is 9.51. The van der Waals surface area contributed by atoms with Gasteiger partial charge in [-0.3, -0.25) is 4.79 Å². The van der Waals surface area contributed by atoms with Crippen LogP contribution in [0.2, 0.25) is 0 Å². The van der Waals surface area contributed by atoms with Crippen LogP contribution in [0.25, 0.3) is 0 Å². The lowest BCUT2D eigenvalue weighted by molar-refractivity contribution is -0.400. The molecule has 0 aliphatic carbocycles. The van der Waals surface area contributed by atoms with Crippen LogP contribution in [0.15, 0.2) is 60.0 Å². The zero-order valence-corrected chi connectivity index (χ0v) is 14.8. The summed E-state index contributed by atoms with van der Waals surface area (Å²) in [4.78, 5) is 13.2. The van der Waals surface area contributed by atoms with E-state index in [0.29, 0.717) is 23.5 Å². The molecular formula is C20H20N3O3+. The molecule has 2 heterocycles. The smallest absolute Gasteiger partial charge is 0.233 e. The lowest BCUT2D eigenvalue weighted by Gasteiger charge is -2.18. The van der Waals surface area contributed by atoms with Crippen molar-refractivity contribution in [3.8, 4) is 17.6 Å². The van der Waals surface area contributed by atoms with Gasteiger partial charge >= 0.3 is 0 Å². The Morgan fingerprint density at radius 3 is 2.81 bits per heavy atom. The van der Waals surface area contributed by atoms with E-state index < -0.39 is 0 Å². The van der Waals surface area contributed by atoms with Gasteiger partial charge in [0, 0.05) is 26.2 Å². The molecule has 0 radical (unpaired) electrons. The van der Waals surface area contributed by atoms with Gasteiger partial charge < -0.3 is 14.4 Å². The number of fused-ring (bicyclic) bond motifs is 1. The van der Waals surface area contributed by atoms with Gasteiger partial charge in [-0.05, 0) is 18.2 Å². The fraction of sp³-hybridized carbons (Fsp3) is 0.250. The highest BCUT2D eigenvalue weighted by atomic mass is 16.5. The number of nitrogens with zero attached hydrogens (tertiary/aromatic N) is 3. The van der Waals surface area contributed by atoms with Crippen molar-refractivity contribution in [1.29, 1.82) is 5.26 Å². The molecule has 1 aromatic rings. The molecule has 0 N–H and O–H groups in total. The zero-order valence-electron chi connectivity index (χ0n) is 14.8. The van der Waals surface area contributed by atoms with Gasteiger partial charge in [0.25, 0.3) is 0 Å². The Kier molecular flexibility index (Phi) is 5.18. The average Bonchev–Trinajstić information content (AvgIpc) is 3.07. The molecule has 6 nitrogen and oxygen atoms in total. The maximum Gasteiger partial charge on any atom is 0.233 e. The Hall–Kier alpha value is -3.33. The third-order valence-corrected chi connectivity index (χ3v) is 4.01. The van der Waals surface area contributed by atoms with E-state index in [-0.39, 0.29) is 18.6 Å². The molecule has 1 atom stereocenters. The van der Waals surface area contributed by atoms with Crippen LogP contribution in [0.3, 0.4) is 0 Å². The van der Waals surface area contributed by atoms with E-state index in [4.69, 9.17) is 14.7 Å². The van der Waals surface area contributed by atoms with E-state index in [2.05, 4.69) is 6.07 Å². The minimum absolute atomic E-state index is 0.0102. The zero-order chi connectivity index (χ0) is 18.5. The fourth-order valence-corrected chi connectivity index (χ4v) is 2.63. The topological polar surface area (TPSA) is 65.6 Å². The second-order valence-corrected chi connectivity index (χ2v) is 6.08. The van der Waals surface area contributed by atoms with Crippen LogP contribution in [0.1, 0.15) is 6.42 Å². The van der Waals surface area contributed by atoms with E-state index in [1.54, 1.807) is 20.3 Å². The maximum atomic E-state index is 11.7. The molecule has 0 aromatic heterocycles. The van der Waals surface area contributed by atoms with Gasteiger partial charge in [0.05, 0.1) is 13.0 Å². The molecule has 6 heteroatoms. The van der Waals surface area contributed by atoms with Crippen molar-refractivity contribution in [3.05, 3.63) is 60.0 Å². The van der Waals surface area contributed by atoms with Crippen molar-refractivity contribution in [2.24, 2.45) is 0 Å². The molecule has 26 heavy (non-hydrogen) atoms. The Morgan fingerprint density at radius 1 is 1.31 bits per heavy atom. The first-order valence-electron chi connectivity index (χ1n) is 8.30. The fourth-order valence-electron chi connectivity index (χ4n) is 2.63. The SMILES string of the molecule is CN(C)C(=O)CCOc1ccccc1OC1C=CC=[N+]2C=C(C#N)C=C12. The minimum atomic E-state index is -0.324. The number of carbonyl (C=O) groups excluding carboxylic acids is 1. The number of ether oxygens (including phenoxy) is 2. The van der Waals surface area contributed by atoms with Gasteiger partial charge in [-0.25, -0.2) is 0 Å². The van der Waals surface area contributed by atoms with Crippen LogP contribution >= 0.6 is 0 Å². The summed E-state index contributed by atoms with van der Waals surface area (Å²) < 4.78 is 13.7. The normalized spacial score (nSPS) is 17.4. The Bertz CT molecular complexity index is 873. The van der Waals surface area contributed by atoms with E-state index in [9.17, 15) is 4.79 Å². The summed E-state index contributed by atoms with van der Waals surface area (Å²) in [6.07, 6.45) is 9.24. The van der Waals surface area contributed by atoms with Crippen LogP contribution in [0.4, 0.5) is 0 Å². The number of hydrogen-bond donors (Lipinski definition) is 0. The predicted molar refractivity (Wildman–Crippen MR) is 96.9 cm³/mol. The number of carbonyl (C=O) groups is 1. The van der Waals surface area contributed by atoms with Gasteiger partial charge in [0.2, 0.25) is 17.7 Å². The number of rotatable bonds is 6. The molecule has 0 saturated heterocycles. The molecule has 0 bridgehead atoms. The highest BCUT2D eigenvalue weighted by molar-refractivity contribution is 5.75. The highest BCUT2D eigenvalue weighted by Gasteiger charge is 2.31. The second-order valence-electron chi connectivity index (χ2n) is 6.08. The van der Waals surface area contributed by atoms with Gasteiger partial charge in [-0.15, -0.1) is 0 Å². The summed E-state index contributed by atoms with van der Waals surface area (Å²) in [5, 5.41) is 9.10. The van der Waals surface area contributed by atoms with Crippen molar-refractivity contribution in [2.75, 3.05) is 20.7 Å². The average molecular weight is 350 g/mol. The van der Waals surface area contributed by atoms with E-state index in [1.165, 1.54) is 4.90 Å². The largest absolute Gasteiger partial charge is 0.489 e. The summed E-state index contributed by atoms with van der Waals surface area (Å²) in [5.74, 6) is 1.18. The lowest BCUT2D eigenvalue weighted by atomic mass is 10.1. The van der Waals surface area contributed by atoms with Crippen LogP contribution in [0, 0.1) is 11.3 Å². The molecule has 0 spiro atoms. The number of para-hydroxylation sites is 2. The maximum absolute atomic E-state index is 11.7. The van der Waals surface area contributed by atoms with Crippen molar-refractivity contribution in [1.82, 2.24) is 4.90 Å².